The quantitative estimate of drug-likeness (QED) is 0.154. The maximum Gasteiger partial charge on any atom is 0.338 e. The summed E-state index contributed by atoms with van der Waals surface area (Å²) in [6.07, 6.45) is 0.0768. The summed E-state index contributed by atoms with van der Waals surface area (Å²) in [6.45, 7) is 7.18. The van der Waals surface area contributed by atoms with Crippen LogP contribution in [0.25, 0.3) is 11.1 Å². The Kier molecular flexibility index (Phi) is 9.73. The van der Waals surface area contributed by atoms with Crippen LogP contribution in [-0.4, -0.2) is 57.2 Å². The van der Waals surface area contributed by atoms with Crippen molar-refractivity contribution >= 4 is 21.7 Å². The summed E-state index contributed by atoms with van der Waals surface area (Å²) in [4.78, 5) is 11.9. The van der Waals surface area contributed by atoms with E-state index in [1.165, 1.54) is 18.2 Å². The predicted octanol–water partition coefficient (Wildman–Crippen LogP) is 3.93. The molecule has 0 fully saturated rings. The van der Waals surface area contributed by atoms with Crippen molar-refractivity contribution in [2.45, 2.75) is 26.9 Å². The van der Waals surface area contributed by atoms with Crippen molar-refractivity contribution < 1.29 is 32.9 Å². The minimum absolute atomic E-state index is 0.0107. The van der Waals surface area contributed by atoms with Crippen molar-refractivity contribution in [1.29, 1.82) is 0 Å². The molecule has 3 rings (SSSR count). The minimum Gasteiger partial charge on any atom is -0.506 e. The third-order valence-corrected chi connectivity index (χ3v) is 6.37. The summed E-state index contributed by atoms with van der Waals surface area (Å²) in [5.74, 6) is 0.163. The van der Waals surface area contributed by atoms with Crippen LogP contribution in [0.3, 0.4) is 0 Å². The number of aliphatic hydroxyl groups is 1. The first kappa shape index (κ1) is 29.0. The van der Waals surface area contributed by atoms with Gasteiger partial charge < -0.3 is 25.0 Å². The van der Waals surface area contributed by atoms with Gasteiger partial charge in [-0.15, -0.1) is 0 Å². The molecule has 38 heavy (non-hydrogen) atoms. The topological polar surface area (TPSA) is 134 Å². The van der Waals surface area contributed by atoms with Crippen molar-refractivity contribution in [3.63, 3.8) is 0 Å². The number of hydrogen-bond acceptors (Lipinski definition) is 8. The third kappa shape index (κ3) is 7.95. The highest BCUT2D eigenvalue weighted by Gasteiger charge is 2.14. The molecule has 0 saturated heterocycles. The first-order valence-corrected chi connectivity index (χ1v) is 14.1. The molecule has 0 aromatic heterocycles. The molecule has 0 aliphatic heterocycles. The summed E-state index contributed by atoms with van der Waals surface area (Å²) in [5, 5.41) is 23.4. The number of rotatable bonds is 12. The fourth-order valence-electron chi connectivity index (χ4n) is 4.09. The molecule has 0 spiro atoms. The van der Waals surface area contributed by atoms with Gasteiger partial charge in [0.2, 0.25) is 10.0 Å². The second-order valence-electron chi connectivity index (χ2n) is 8.95. The maximum atomic E-state index is 11.9. The fourth-order valence-corrected chi connectivity index (χ4v) is 4.65. The van der Waals surface area contributed by atoms with Crippen LogP contribution in [0.5, 0.6) is 11.5 Å². The summed E-state index contributed by atoms with van der Waals surface area (Å²) in [5.41, 5.74) is 5.14. The molecule has 0 aliphatic carbocycles. The van der Waals surface area contributed by atoms with Gasteiger partial charge in [-0.05, 0) is 85.0 Å². The molecule has 3 aromatic rings. The molecule has 1 atom stereocenters. The van der Waals surface area contributed by atoms with Crippen molar-refractivity contribution in [3.05, 3.63) is 76.9 Å². The van der Waals surface area contributed by atoms with E-state index in [2.05, 4.69) is 10.0 Å². The lowest BCUT2D eigenvalue weighted by Gasteiger charge is -2.16. The first-order valence-electron chi connectivity index (χ1n) is 12.2. The number of hydrogen-bond donors (Lipinski definition) is 4. The van der Waals surface area contributed by atoms with E-state index >= 15 is 0 Å². The average Bonchev–Trinajstić information content (AvgIpc) is 2.84. The van der Waals surface area contributed by atoms with Gasteiger partial charge in [0.25, 0.3) is 0 Å². The van der Waals surface area contributed by atoms with Crippen LogP contribution in [0.15, 0.2) is 54.6 Å². The highest BCUT2D eigenvalue weighted by molar-refractivity contribution is 7.92. The molecular formula is C28H34N2O7S. The van der Waals surface area contributed by atoms with Gasteiger partial charge in [-0.3, -0.25) is 4.72 Å². The Morgan fingerprint density at radius 2 is 1.68 bits per heavy atom. The van der Waals surface area contributed by atoms with Gasteiger partial charge in [-0.1, -0.05) is 18.2 Å². The molecule has 0 amide bonds. The maximum absolute atomic E-state index is 11.9. The zero-order chi connectivity index (χ0) is 27.9. The summed E-state index contributed by atoms with van der Waals surface area (Å²) in [6, 6.07) is 15.5. The van der Waals surface area contributed by atoms with Crippen LogP contribution >= 0.6 is 0 Å². The number of aliphatic hydroxyl groups excluding tert-OH is 1. The van der Waals surface area contributed by atoms with E-state index in [1.807, 2.05) is 38.1 Å². The lowest BCUT2D eigenvalue weighted by atomic mass is 9.95. The number of esters is 1. The van der Waals surface area contributed by atoms with Crippen LogP contribution in [0.2, 0.25) is 0 Å². The predicted molar refractivity (Wildman–Crippen MR) is 147 cm³/mol. The van der Waals surface area contributed by atoms with E-state index in [0.717, 1.165) is 34.3 Å². The Labute approximate surface area is 223 Å². The summed E-state index contributed by atoms with van der Waals surface area (Å²) >= 11 is 0. The lowest BCUT2D eigenvalue weighted by molar-refractivity contribution is 0.0526. The number of sulfonamides is 1. The van der Waals surface area contributed by atoms with Crippen LogP contribution in [0.1, 0.15) is 40.1 Å². The molecule has 9 nitrogen and oxygen atoms in total. The van der Waals surface area contributed by atoms with E-state index in [-0.39, 0.29) is 24.0 Å². The van der Waals surface area contributed by atoms with E-state index < -0.39 is 16.1 Å². The number of carbonyl (C=O) groups is 1. The summed E-state index contributed by atoms with van der Waals surface area (Å²) in [7, 11) is -3.57. The molecule has 10 heteroatoms. The number of aromatic hydroxyl groups is 1. The Hall–Kier alpha value is -3.60. The normalized spacial score (nSPS) is 12.1. The molecular weight excluding hydrogens is 508 g/mol. The number of benzene rings is 3. The van der Waals surface area contributed by atoms with Crippen molar-refractivity contribution in [2.75, 3.05) is 37.3 Å². The molecule has 0 aliphatic rings. The van der Waals surface area contributed by atoms with Crippen LogP contribution in [0, 0.1) is 13.8 Å². The number of phenolic OH excluding ortho intramolecular Hbond substituents is 1. The average molecular weight is 543 g/mol. The van der Waals surface area contributed by atoms with Crippen molar-refractivity contribution in [2.24, 2.45) is 0 Å². The monoisotopic (exact) mass is 542 g/mol. The molecule has 4 N–H and O–H groups in total. The second-order valence-corrected chi connectivity index (χ2v) is 10.7. The number of ether oxygens (including phenoxy) is 2. The standard InChI is InChI=1S/C28H34N2O7S/c1-5-36-28(33)21-8-6-20(7-9-21)27-18(2)14-23(15-19(27)3)37-13-12-29-17-26(32)22-10-11-25(31)24(16-22)30-38(4,34)35/h6-11,14-16,26,29-32H,5,12-13,17H2,1-4H3/t26-/m0/s1. The Morgan fingerprint density at radius 1 is 1.03 bits per heavy atom. The molecule has 0 radical (unpaired) electrons. The van der Waals surface area contributed by atoms with Gasteiger partial charge in [0.15, 0.2) is 0 Å². The van der Waals surface area contributed by atoms with Gasteiger partial charge in [0.1, 0.15) is 18.1 Å². The zero-order valence-electron chi connectivity index (χ0n) is 21.9. The minimum atomic E-state index is -3.57. The molecule has 0 saturated carbocycles. The van der Waals surface area contributed by atoms with Gasteiger partial charge >= 0.3 is 5.97 Å². The number of aryl methyl sites for hydroxylation is 2. The largest absolute Gasteiger partial charge is 0.506 e. The lowest BCUT2D eigenvalue weighted by Crippen LogP contribution is -2.26. The summed E-state index contributed by atoms with van der Waals surface area (Å²) < 4.78 is 36.1. The van der Waals surface area contributed by atoms with E-state index in [1.54, 1.807) is 19.1 Å². The van der Waals surface area contributed by atoms with Gasteiger partial charge in [-0.25, -0.2) is 13.2 Å². The number of nitrogens with one attached hydrogen (secondary N) is 2. The van der Waals surface area contributed by atoms with Crippen molar-refractivity contribution in [3.8, 4) is 22.6 Å². The highest BCUT2D eigenvalue weighted by atomic mass is 32.2. The SMILES string of the molecule is CCOC(=O)c1ccc(-c2c(C)cc(OCCNC[C@H](O)c3ccc(O)c(NS(C)(=O)=O)c3)cc2C)cc1. The second kappa shape index (κ2) is 12.8. The van der Waals surface area contributed by atoms with Gasteiger partial charge in [-0.2, -0.15) is 0 Å². The van der Waals surface area contributed by atoms with E-state index in [9.17, 15) is 23.4 Å². The van der Waals surface area contributed by atoms with E-state index in [0.29, 0.717) is 30.9 Å². The molecule has 204 valence electrons. The molecule has 0 unspecified atom stereocenters. The molecule has 0 heterocycles. The smallest absolute Gasteiger partial charge is 0.338 e. The van der Waals surface area contributed by atoms with Gasteiger partial charge in [0.05, 0.1) is 30.2 Å². The first-order chi connectivity index (χ1) is 18.0. The van der Waals surface area contributed by atoms with Crippen LogP contribution in [0.4, 0.5) is 5.69 Å². The zero-order valence-corrected chi connectivity index (χ0v) is 22.8. The highest BCUT2D eigenvalue weighted by Crippen LogP contribution is 2.31. The van der Waals surface area contributed by atoms with Crippen LogP contribution in [-0.2, 0) is 14.8 Å². The van der Waals surface area contributed by atoms with Gasteiger partial charge in [0, 0.05) is 13.1 Å². The fraction of sp³-hybridized carbons (Fsp3) is 0.321. The Bertz CT molecular complexity index is 1350. The molecule has 0 bridgehead atoms. The Balaban J connectivity index is 1.53. The number of carbonyl (C=O) groups excluding carboxylic acids is 1. The third-order valence-electron chi connectivity index (χ3n) is 5.78. The number of phenols is 1. The van der Waals surface area contributed by atoms with Crippen molar-refractivity contribution in [1.82, 2.24) is 5.32 Å². The van der Waals surface area contributed by atoms with Crippen LogP contribution < -0.4 is 14.8 Å². The van der Waals surface area contributed by atoms with E-state index in [4.69, 9.17) is 9.47 Å². The molecule has 3 aromatic carbocycles. The Morgan fingerprint density at radius 3 is 2.29 bits per heavy atom. The number of anilines is 1.